The molecular formula is C24H26FN3O4. The topological polar surface area (TPSA) is 81.7 Å². The summed E-state index contributed by atoms with van der Waals surface area (Å²) in [7, 11) is 4.43. The van der Waals surface area contributed by atoms with Crippen molar-refractivity contribution < 1.29 is 23.4 Å². The Morgan fingerprint density at radius 3 is 2.47 bits per heavy atom. The Morgan fingerprint density at radius 2 is 1.75 bits per heavy atom. The molecule has 0 spiro atoms. The molecule has 0 aliphatic carbocycles. The molecule has 1 amide bonds. The third-order valence-corrected chi connectivity index (χ3v) is 5.07. The SMILES string of the molecule is COc1cccc(-c2cccc(Nc3ncccc3C(=O)NCC(OC)OC)c2C)c1F. The van der Waals surface area contributed by atoms with Crippen molar-refractivity contribution in [3.63, 3.8) is 0 Å². The maximum absolute atomic E-state index is 14.8. The first-order chi connectivity index (χ1) is 15.5. The number of nitrogens with zero attached hydrogens (tertiary/aromatic N) is 1. The lowest BCUT2D eigenvalue weighted by atomic mass is 9.98. The van der Waals surface area contributed by atoms with Crippen LogP contribution in [0.15, 0.2) is 54.7 Å². The number of methoxy groups -OCH3 is 3. The van der Waals surface area contributed by atoms with Gasteiger partial charge in [-0.3, -0.25) is 4.79 Å². The molecule has 0 atom stereocenters. The number of pyridine rings is 1. The zero-order valence-corrected chi connectivity index (χ0v) is 18.4. The molecule has 0 radical (unpaired) electrons. The quantitative estimate of drug-likeness (QED) is 0.484. The number of aromatic nitrogens is 1. The highest BCUT2D eigenvalue weighted by Gasteiger charge is 2.17. The summed E-state index contributed by atoms with van der Waals surface area (Å²) in [6.45, 7) is 2.06. The molecule has 3 aromatic rings. The number of anilines is 2. The monoisotopic (exact) mass is 439 g/mol. The Morgan fingerprint density at radius 1 is 1.03 bits per heavy atom. The number of hydrogen-bond acceptors (Lipinski definition) is 6. The van der Waals surface area contributed by atoms with Crippen LogP contribution in [0.4, 0.5) is 15.9 Å². The van der Waals surface area contributed by atoms with E-state index in [0.29, 0.717) is 28.2 Å². The number of carbonyl (C=O) groups excluding carboxylic acids is 1. The summed E-state index contributed by atoms with van der Waals surface area (Å²) in [5, 5.41) is 5.97. The summed E-state index contributed by atoms with van der Waals surface area (Å²) in [5.41, 5.74) is 2.99. The van der Waals surface area contributed by atoms with Crippen LogP contribution in [0.25, 0.3) is 11.1 Å². The predicted octanol–water partition coefficient (Wildman–Crippen LogP) is 4.30. The lowest BCUT2D eigenvalue weighted by Crippen LogP contribution is -2.34. The van der Waals surface area contributed by atoms with Gasteiger partial charge in [-0.05, 0) is 42.3 Å². The molecular weight excluding hydrogens is 413 g/mol. The standard InChI is InChI=1S/C24H26FN3O4/c1-15-16(17-9-6-12-20(30-2)22(17)25)8-5-11-19(15)28-23-18(10-7-13-26-23)24(29)27-14-21(31-3)32-4/h5-13,21H,14H2,1-4H3,(H,26,28)(H,27,29). The van der Waals surface area contributed by atoms with Crippen LogP contribution >= 0.6 is 0 Å². The molecule has 0 bridgehead atoms. The van der Waals surface area contributed by atoms with E-state index in [1.807, 2.05) is 25.1 Å². The highest BCUT2D eigenvalue weighted by atomic mass is 19.1. The van der Waals surface area contributed by atoms with Crippen LogP contribution in [0.1, 0.15) is 15.9 Å². The Hall–Kier alpha value is -3.49. The number of hydrogen-bond donors (Lipinski definition) is 2. The maximum Gasteiger partial charge on any atom is 0.255 e. The third-order valence-electron chi connectivity index (χ3n) is 5.07. The van der Waals surface area contributed by atoms with Crippen molar-refractivity contribution in [1.29, 1.82) is 0 Å². The zero-order chi connectivity index (χ0) is 23.1. The normalized spacial score (nSPS) is 10.8. The number of nitrogens with one attached hydrogen (secondary N) is 2. The average Bonchev–Trinajstić information content (AvgIpc) is 2.81. The molecule has 8 heteroatoms. The van der Waals surface area contributed by atoms with Gasteiger partial charge in [0.2, 0.25) is 0 Å². The molecule has 1 aromatic heterocycles. The van der Waals surface area contributed by atoms with Crippen molar-refractivity contribution in [3.05, 3.63) is 71.7 Å². The fourth-order valence-electron chi connectivity index (χ4n) is 3.29. The second-order valence-electron chi connectivity index (χ2n) is 6.94. The summed E-state index contributed by atoms with van der Waals surface area (Å²) in [5.74, 6) is -0.205. The van der Waals surface area contributed by atoms with Gasteiger partial charge in [0.1, 0.15) is 5.82 Å². The predicted molar refractivity (Wildman–Crippen MR) is 121 cm³/mol. The van der Waals surface area contributed by atoms with E-state index in [9.17, 15) is 9.18 Å². The fraction of sp³-hybridized carbons (Fsp3) is 0.250. The molecule has 0 unspecified atom stereocenters. The molecule has 0 aliphatic rings. The molecule has 1 heterocycles. The largest absolute Gasteiger partial charge is 0.494 e. The highest BCUT2D eigenvalue weighted by Crippen LogP contribution is 2.34. The average molecular weight is 439 g/mol. The molecule has 168 valence electrons. The van der Waals surface area contributed by atoms with E-state index in [4.69, 9.17) is 14.2 Å². The number of rotatable bonds is 9. The Kier molecular flexibility index (Phi) is 7.75. The van der Waals surface area contributed by atoms with Crippen molar-refractivity contribution in [2.45, 2.75) is 13.2 Å². The van der Waals surface area contributed by atoms with Crippen LogP contribution in [0.2, 0.25) is 0 Å². The van der Waals surface area contributed by atoms with Crippen LogP contribution in [0.3, 0.4) is 0 Å². The van der Waals surface area contributed by atoms with Gasteiger partial charge in [0, 0.05) is 31.7 Å². The molecule has 32 heavy (non-hydrogen) atoms. The first kappa shape index (κ1) is 23.2. The van der Waals surface area contributed by atoms with Crippen LogP contribution in [0.5, 0.6) is 5.75 Å². The smallest absolute Gasteiger partial charge is 0.255 e. The van der Waals surface area contributed by atoms with Gasteiger partial charge < -0.3 is 24.8 Å². The van der Waals surface area contributed by atoms with Gasteiger partial charge in [-0.1, -0.05) is 24.3 Å². The fourth-order valence-corrected chi connectivity index (χ4v) is 3.29. The Bertz CT molecular complexity index is 1090. The zero-order valence-electron chi connectivity index (χ0n) is 18.4. The first-order valence-corrected chi connectivity index (χ1v) is 9.98. The van der Waals surface area contributed by atoms with Crippen LogP contribution in [-0.4, -0.2) is 45.1 Å². The first-order valence-electron chi connectivity index (χ1n) is 9.98. The van der Waals surface area contributed by atoms with Crippen molar-refractivity contribution in [1.82, 2.24) is 10.3 Å². The molecule has 0 saturated carbocycles. The van der Waals surface area contributed by atoms with Crippen molar-refractivity contribution >= 4 is 17.4 Å². The number of carbonyl (C=O) groups is 1. The van der Waals surface area contributed by atoms with Gasteiger partial charge in [0.05, 0.1) is 19.2 Å². The minimum Gasteiger partial charge on any atom is -0.494 e. The lowest BCUT2D eigenvalue weighted by molar-refractivity contribution is -0.0974. The lowest BCUT2D eigenvalue weighted by Gasteiger charge is -2.17. The van der Waals surface area contributed by atoms with E-state index in [0.717, 1.165) is 5.56 Å². The van der Waals surface area contributed by atoms with E-state index in [-0.39, 0.29) is 18.2 Å². The summed E-state index contributed by atoms with van der Waals surface area (Å²) < 4.78 is 30.2. The number of benzene rings is 2. The number of amides is 1. The van der Waals surface area contributed by atoms with Crippen LogP contribution in [-0.2, 0) is 9.47 Å². The molecule has 3 rings (SSSR count). The molecule has 0 aliphatic heterocycles. The van der Waals surface area contributed by atoms with Crippen molar-refractivity contribution in [2.75, 3.05) is 33.2 Å². The summed E-state index contributed by atoms with van der Waals surface area (Å²) in [4.78, 5) is 17.0. The van der Waals surface area contributed by atoms with Gasteiger partial charge in [0.15, 0.2) is 17.9 Å². The van der Waals surface area contributed by atoms with E-state index in [1.165, 1.54) is 21.3 Å². The molecule has 2 aromatic carbocycles. The highest BCUT2D eigenvalue weighted by molar-refractivity contribution is 5.99. The van der Waals surface area contributed by atoms with E-state index >= 15 is 0 Å². The second kappa shape index (κ2) is 10.7. The van der Waals surface area contributed by atoms with Gasteiger partial charge in [-0.2, -0.15) is 0 Å². The maximum atomic E-state index is 14.8. The molecule has 2 N–H and O–H groups in total. The van der Waals surface area contributed by atoms with Gasteiger partial charge >= 0.3 is 0 Å². The van der Waals surface area contributed by atoms with Crippen LogP contribution in [0, 0.1) is 12.7 Å². The molecule has 7 nitrogen and oxygen atoms in total. The summed E-state index contributed by atoms with van der Waals surface area (Å²) >= 11 is 0. The van der Waals surface area contributed by atoms with E-state index in [2.05, 4.69) is 15.6 Å². The second-order valence-corrected chi connectivity index (χ2v) is 6.94. The van der Waals surface area contributed by atoms with Crippen molar-refractivity contribution in [2.24, 2.45) is 0 Å². The summed E-state index contributed by atoms with van der Waals surface area (Å²) in [6, 6.07) is 13.9. The Balaban J connectivity index is 1.90. The molecule has 0 saturated heterocycles. The minimum absolute atomic E-state index is 0.175. The molecule has 0 fully saturated rings. The van der Waals surface area contributed by atoms with E-state index in [1.54, 1.807) is 36.5 Å². The van der Waals surface area contributed by atoms with E-state index < -0.39 is 12.1 Å². The van der Waals surface area contributed by atoms with Crippen molar-refractivity contribution in [3.8, 4) is 16.9 Å². The third kappa shape index (κ3) is 5.04. The number of ether oxygens (including phenoxy) is 3. The number of halogens is 1. The summed E-state index contributed by atoms with van der Waals surface area (Å²) in [6.07, 6.45) is 1.04. The van der Waals surface area contributed by atoms with Gasteiger partial charge in [0.25, 0.3) is 5.91 Å². The minimum atomic E-state index is -0.552. The van der Waals surface area contributed by atoms with Gasteiger partial charge in [-0.15, -0.1) is 0 Å². The Labute approximate surface area is 186 Å². The van der Waals surface area contributed by atoms with Gasteiger partial charge in [-0.25, -0.2) is 9.37 Å². The van der Waals surface area contributed by atoms with Crippen LogP contribution < -0.4 is 15.4 Å².